The van der Waals surface area contributed by atoms with Crippen molar-refractivity contribution < 1.29 is 9.53 Å². The molecule has 0 bridgehead atoms. The van der Waals surface area contributed by atoms with E-state index in [-0.39, 0.29) is 6.09 Å². The quantitative estimate of drug-likeness (QED) is 0.622. The molecule has 2 fully saturated rings. The molecule has 1 aliphatic carbocycles. The Labute approximate surface area is 79.0 Å². The van der Waals surface area contributed by atoms with Gasteiger partial charge in [0.15, 0.2) is 0 Å². The summed E-state index contributed by atoms with van der Waals surface area (Å²) < 4.78 is 4.97. The van der Waals surface area contributed by atoms with Crippen molar-refractivity contribution in [1.82, 2.24) is 4.90 Å². The highest BCUT2D eigenvalue weighted by Gasteiger charge is 2.44. The van der Waals surface area contributed by atoms with E-state index in [4.69, 9.17) is 4.74 Å². The van der Waals surface area contributed by atoms with E-state index in [1.165, 1.54) is 25.7 Å². The van der Waals surface area contributed by atoms with Crippen LogP contribution < -0.4 is 0 Å². The molecule has 3 heteroatoms. The first kappa shape index (κ1) is 8.85. The minimum absolute atomic E-state index is 0.119. The number of ether oxygens (including phenoxy) is 1. The van der Waals surface area contributed by atoms with Gasteiger partial charge in [0.25, 0.3) is 0 Å². The maximum atomic E-state index is 11.4. The van der Waals surface area contributed by atoms with Crippen LogP contribution in [-0.4, -0.2) is 30.7 Å². The molecule has 1 amide bonds. The van der Waals surface area contributed by atoms with Gasteiger partial charge in [0.1, 0.15) is 0 Å². The Bertz CT molecular complexity index is 211. The molecule has 74 valence electrons. The van der Waals surface area contributed by atoms with Crippen LogP contribution in [0.15, 0.2) is 0 Å². The highest BCUT2D eigenvalue weighted by atomic mass is 16.6. The summed E-state index contributed by atoms with van der Waals surface area (Å²) in [6.07, 6.45) is 5.03. The first-order valence-corrected chi connectivity index (χ1v) is 5.17. The Morgan fingerprint density at radius 2 is 2.23 bits per heavy atom. The van der Waals surface area contributed by atoms with E-state index in [0.29, 0.717) is 12.0 Å². The third-order valence-electron chi connectivity index (χ3n) is 3.38. The molecule has 2 rings (SSSR count). The number of rotatable bonds is 1. The minimum Gasteiger partial charge on any atom is -0.450 e. The van der Waals surface area contributed by atoms with E-state index in [1.54, 1.807) is 0 Å². The van der Waals surface area contributed by atoms with E-state index < -0.39 is 0 Å². The van der Waals surface area contributed by atoms with Gasteiger partial charge in [-0.15, -0.1) is 0 Å². The lowest BCUT2D eigenvalue weighted by molar-refractivity contribution is 0.0974. The zero-order valence-corrected chi connectivity index (χ0v) is 8.21. The molecule has 1 aliphatic heterocycles. The first-order valence-electron chi connectivity index (χ1n) is 5.17. The number of nitrogens with zero attached hydrogens (tertiary/aromatic N) is 1. The summed E-state index contributed by atoms with van der Waals surface area (Å²) in [7, 11) is 0. The molecular weight excluding hydrogens is 166 g/mol. The summed E-state index contributed by atoms with van der Waals surface area (Å²) >= 11 is 0. The van der Waals surface area contributed by atoms with Crippen molar-refractivity contribution in [3.8, 4) is 0 Å². The second-order valence-corrected chi connectivity index (χ2v) is 4.22. The summed E-state index contributed by atoms with van der Waals surface area (Å²) in [5.41, 5.74) is 0.493. The van der Waals surface area contributed by atoms with Crippen molar-refractivity contribution in [2.24, 2.45) is 5.41 Å². The minimum atomic E-state index is -0.119. The molecule has 0 aromatic heterocycles. The molecule has 2 aliphatic rings. The fraction of sp³-hybridized carbons (Fsp3) is 0.900. The number of hydrogen-bond acceptors (Lipinski definition) is 2. The molecule has 1 spiro atoms. The standard InChI is InChI=1S/C10H17NO2/c1-2-13-9(12)11-7-6-10(8-11)4-3-5-10/h2-8H2,1H3. The summed E-state index contributed by atoms with van der Waals surface area (Å²) in [6.45, 7) is 4.18. The number of carbonyl (C=O) groups is 1. The molecule has 0 N–H and O–H groups in total. The van der Waals surface area contributed by atoms with Crippen molar-refractivity contribution in [2.45, 2.75) is 32.6 Å². The molecule has 0 unspecified atom stereocenters. The molecule has 1 saturated carbocycles. The summed E-state index contributed by atoms with van der Waals surface area (Å²) in [6, 6.07) is 0. The smallest absolute Gasteiger partial charge is 0.409 e. The van der Waals surface area contributed by atoms with E-state index in [2.05, 4.69) is 0 Å². The summed E-state index contributed by atoms with van der Waals surface area (Å²) in [5, 5.41) is 0. The highest BCUT2D eigenvalue weighted by molar-refractivity contribution is 5.68. The van der Waals surface area contributed by atoms with Crippen molar-refractivity contribution >= 4 is 6.09 Å². The largest absolute Gasteiger partial charge is 0.450 e. The molecule has 0 aromatic carbocycles. The Morgan fingerprint density at radius 3 is 2.69 bits per heavy atom. The monoisotopic (exact) mass is 183 g/mol. The van der Waals surface area contributed by atoms with Crippen molar-refractivity contribution in [2.75, 3.05) is 19.7 Å². The molecule has 1 heterocycles. The van der Waals surface area contributed by atoms with Crippen molar-refractivity contribution in [1.29, 1.82) is 0 Å². The van der Waals surface area contributed by atoms with Crippen molar-refractivity contribution in [3.05, 3.63) is 0 Å². The van der Waals surface area contributed by atoms with Gasteiger partial charge >= 0.3 is 6.09 Å². The van der Waals surface area contributed by atoms with Gasteiger partial charge in [0.2, 0.25) is 0 Å². The second-order valence-electron chi connectivity index (χ2n) is 4.22. The molecule has 1 saturated heterocycles. The van der Waals surface area contributed by atoms with E-state index in [0.717, 1.165) is 13.1 Å². The van der Waals surface area contributed by atoms with Crippen LogP contribution in [0.3, 0.4) is 0 Å². The molecule has 13 heavy (non-hydrogen) atoms. The Kier molecular flexibility index (Phi) is 2.18. The van der Waals surface area contributed by atoms with Gasteiger partial charge in [-0.05, 0) is 31.6 Å². The van der Waals surface area contributed by atoms with Gasteiger partial charge < -0.3 is 9.64 Å². The number of amides is 1. The van der Waals surface area contributed by atoms with Gasteiger partial charge in [-0.25, -0.2) is 4.79 Å². The van der Waals surface area contributed by atoms with Crippen LogP contribution in [0, 0.1) is 5.41 Å². The Hall–Kier alpha value is -0.730. The molecule has 3 nitrogen and oxygen atoms in total. The fourth-order valence-electron chi connectivity index (χ4n) is 2.39. The topological polar surface area (TPSA) is 29.5 Å². The molecular formula is C10H17NO2. The van der Waals surface area contributed by atoms with Crippen LogP contribution in [0.25, 0.3) is 0 Å². The average Bonchev–Trinajstić information content (AvgIpc) is 2.47. The van der Waals surface area contributed by atoms with E-state index >= 15 is 0 Å². The normalized spacial score (nSPS) is 24.5. The Balaban J connectivity index is 1.87. The maximum Gasteiger partial charge on any atom is 0.409 e. The van der Waals surface area contributed by atoms with Crippen LogP contribution >= 0.6 is 0 Å². The number of hydrogen-bond donors (Lipinski definition) is 0. The van der Waals surface area contributed by atoms with Crippen LogP contribution in [0.5, 0.6) is 0 Å². The molecule has 0 aromatic rings. The van der Waals surface area contributed by atoms with Crippen LogP contribution in [0.2, 0.25) is 0 Å². The lowest BCUT2D eigenvalue weighted by Crippen LogP contribution is -2.36. The van der Waals surface area contributed by atoms with Gasteiger partial charge in [-0.3, -0.25) is 0 Å². The van der Waals surface area contributed by atoms with Gasteiger partial charge in [0.05, 0.1) is 6.61 Å². The first-order chi connectivity index (χ1) is 6.26. The fourth-order valence-corrected chi connectivity index (χ4v) is 2.39. The highest BCUT2D eigenvalue weighted by Crippen LogP contribution is 2.47. The average molecular weight is 183 g/mol. The lowest BCUT2D eigenvalue weighted by Gasteiger charge is -2.37. The van der Waals surface area contributed by atoms with Gasteiger partial charge in [-0.2, -0.15) is 0 Å². The van der Waals surface area contributed by atoms with Crippen LogP contribution in [-0.2, 0) is 4.74 Å². The van der Waals surface area contributed by atoms with Crippen molar-refractivity contribution in [3.63, 3.8) is 0 Å². The zero-order chi connectivity index (χ0) is 9.31. The maximum absolute atomic E-state index is 11.4. The molecule has 0 radical (unpaired) electrons. The van der Waals surface area contributed by atoms with Crippen LogP contribution in [0.1, 0.15) is 32.6 Å². The Morgan fingerprint density at radius 1 is 1.46 bits per heavy atom. The summed E-state index contributed by atoms with van der Waals surface area (Å²) in [5.74, 6) is 0. The van der Waals surface area contributed by atoms with E-state index in [1.807, 2.05) is 11.8 Å². The zero-order valence-electron chi connectivity index (χ0n) is 8.21. The molecule has 0 atom stereocenters. The second kappa shape index (κ2) is 3.20. The van der Waals surface area contributed by atoms with Gasteiger partial charge in [0, 0.05) is 13.1 Å². The summed E-state index contributed by atoms with van der Waals surface area (Å²) in [4.78, 5) is 13.2. The third kappa shape index (κ3) is 1.52. The van der Waals surface area contributed by atoms with E-state index in [9.17, 15) is 4.79 Å². The lowest BCUT2D eigenvalue weighted by atomic mass is 9.68. The van der Waals surface area contributed by atoms with Crippen LogP contribution in [0.4, 0.5) is 4.79 Å². The third-order valence-corrected chi connectivity index (χ3v) is 3.38. The predicted octanol–water partition coefficient (Wildman–Crippen LogP) is 2.02. The SMILES string of the molecule is CCOC(=O)N1CCC2(CCC2)C1. The predicted molar refractivity (Wildman–Crippen MR) is 49.5 cm³/mol. The number of carbonyl (C=O) groups excluding carboxylic acids is 1. The van der Waals surface area contributed by atoms with Gasteiger partial charge in [-0.1, -0.05) is 6.42 Å². The number of likely N-dealkylation sites (tertiary alicyclic amines) is 1.